The molecule has 1 saturated carbocycles. The number of benzene rings is 1. The van der Waals surface area contributed by atoms with Gasteiger partial charge < -0.3 is 15.8 Å². The van der Waals surface area contributed by atoms with E-state index in [1.165, 1.54) is 13.1 Å². The number of nitrogens with one attached hydrogen (secondary N) is 1. The Labute approximate surface area is 178 Å². The number of ketones is 1. The number of hydrogen-bond donors (Lipinski definition) is 2. The molecule has 1 atom stereocenters. The summed E-state index contributed by atoms with van der Waals surface area (Å²) < 4.78 is 46.7. The number of nitrogens with two attached hydrogens (primary N) is 1. The molecule has 3 rings (SSSR count). The van der Waals surface area contributed by atoms with Crippen LogP contribution in [0.5, 0.6) is 5.75 Å². The Bertz CT molecular complexity index is 952. The second kappa shape index (κ2) is 9.80. The number of Topliss-reactive ketones (excluding diaryl/α,β-unsaturated/α-hetero) is 1. The zero-order chi connectivity index (χ0) is 22.5. The number of aryl methyl sites for hydroxylation is 1. The van der Waals surface area contributed by atoms with E-state index in [2.05, 4.69) is 10.3 Å². The first-order valence-electron chi connectivity index (χ1n) is 10.1. The lowest BCUT2D eigenvalue weighted by Crippen LogP contribution is -2.46. The van der Waals surface area contributed by atoms with Crippen LogP contribution in [0.2, 0.25) is 0 Å². The van der Waals surface area contributed by atoms with Gasteiger partial charge in [0, 0.05) is 18.5 Å². The van der Waals surface area contributed by atoms with E-state index in [0.29, 0.717) is 11.6 Å². The predicted molar refractivity (Wildman–Crippen MR) is 108 cm³/mol. The first-order valence-corrected chi connectivity index (χ1v) is 10.1. The number of anilines is 1. The minimum atomic E-state index is -1.51. The van der Waals surface area contributed by atoms with Crippen LogP contribution in [0.4, 0.5) is 19.0 Å². The van der Waals surface area contributed by atoms with E-state index in [1.807, 2.05) is 0 Å². The molecule has 6 nitrogen and oxygen atoms in total. The average molecular weight is 435 g/mol. The fourth-order valence-electron chi connectivity index (χ4n) is 3.65. The van der Waals surface area contributed by atoms with E-state index in [4.69, 9.17) is 10.5 Å². The molecule has 1 heterocycles. The molecule has 0 spiro atoms. The summed E-state index contributed by atoms with van der Waals surface area (Å²) >= 11 is 0. The van der Waals surface area contributed by atoms with Crippen LogP contribution in [0, 0.1) is 30.3 Å². The van der Waals surface area contributed by atoms with Gasteiger partial charge in [0.1, 0.15) is 12.4 Å². The molecule has 1 aliphatic carbocycles. The lowest BCUT2D eigenvalue weighted by molar-refractivity contribution is -0.131. The molecule has 1 aromatic carbocycles. The van der Waals surface area contributed by atoms with Gasteiger partial charge >= 0.3 is 0 Å². The molecule has 0 saturated heterocycles. The highest BCUT2D eigenvalue weighted by molar-refractivity contribution is 5.91. The summed E-state index contributed by atoms with van der Waals surface area (Å²) in [6, 6.07) is 2.92. The van der Waals surface area contributed by atoms with Crippen molar-refractivity contribution in [3.05, 3.63) is 53.0 Å². The predicted octanol–water partition coefficient (Wildman–Crippen LogP) is 3.26. The number of amides is 1. The summed E-state index contributed by atoms with van der Waals surface area (Å²) in [4.78, 5) is 29.3. The van der Waals surface area contributed by atoms with Gasteiger partial charge in [-0.1, -0.05) is 12.8 Å². The highest BCUT2D eigenvalue weighted by atomic mass is 19.2. The van der Waals surface area contributed by atoms with Crippen LogP contribution < -0.4 is 15.8 Å². The maximum absolute atomic E-state index is 14.2. The Morgan fingerprint density at radius 1 is 1.23 bits per heavy atom. The number of halogens is 3. The van der Waals surface area contributed by atoms with Crippen LogP contribution >= 0.6 is 0 Å². The number of carbonyl (C=O) groups excluding carboxylic acids is 2. The van der Waals surface area contributed by atoms with Gasteiger partial charge in [0.25, 0.3) is 0 Å². The Kier molecular flexibility index (Phi) is 7.14. The number of nitrogen functional groups attached to an aromatic ring is 1. The summed E-state index contributed by atoms with van der Waals surface area (Å²) in [5, 5.41) is 2.72. The van der Waals surface area contributed by atoms with E-state index >= 15 is 0 Å². The molecule has 31 heavy (non-hydrogen) atoms. The van der Waals surface area contributed by atoms with Gasteiger partial charge in [-0.25, -0.2) is 13.8 Å². The van der Waals surface area contributed by atoms with Gasteiger partial charge in [-0.2, -0.15) is 4.39 Å². The van der Waals surface area contributed by atoms with Crippen molar-refractivity contribution >= 4 is 17.5 Å². The Morgan fingerprint density at radius 3 is 2.61 bits per heavy atom. The van der Waals surface area contributed by atoms with Crippen LogP contribution in [0.3, 0.4) is 0 Å². The van der Waals surface area contributed by atoms with E-state index < -0.39 is 41.6 Å². The second-order valence-corrected chi connectivity index (χ2v) is 7.72. The van der Waals surface area contributed by atoms with Crippen molar-refractivity contribution in [2.45, 2.75) is 45.1 Å². The molecule has 166 valence electrons. The fourth-order valence-corrected chi connectivity index (χ4v) is 3.65. The van der Waals surface area contributed by atoms with E-state index in [0.717, 1.165) is 25.7 Å². The lowest BCUT2D eigenvalue weighted by Gasteiger charge is -2.20. The molecular formula is C22H24F3N3O3. The summed E-state index contributed by atoms with van der Waals surface area (Å²) in [6.45, 7) is 0.512. The normalized spacial score (nSPS) is 15.0. The van der Waals surface area contributed by atoms with Crippen molar-refractivity contribution in [1.82, 2.24) is 10.3 Å². The minimum Gasteiger partial charge on any atom is -0.480 e. The van der Waals surface area contributed by atoms with Crippen molar-refractivity contribution in [2.24, 2.45) is 5.92 Å². The zero-order valence-electron chi connectivity index (χ0n) is 17.1. The van der Waals surface area contributed by atoms with E-state index in [9.17, 15) is 22.8 Å². The highest BCUT2D eigenvalue weighted by Gasteiger charge is 2.29. The number of ether oxygens (including phenoxy) is 1. The highest BCUT2D eigenvalue weighted by Crippen LogP contribution is 2.27. The zero-order valence-corrected chi connectivity index (χ0v) is 17.1. The first-order chi connectivity index (χ1) is 14.8. The van der Waals surface area contributed by atoms with Crippen molar-refractivity contribution in [3.8, 4) is 5.75 Å². The maximum atomic E-state index is 14.2. The number of nitrogens with zero attached hydrogens (tertiary/aromatic N) is 1. The largest absolute Gasteiger partial charge is 0.480 e. The van der Waals surface area contributed by atoms with Gasteiger partial charge in [-0.3, -0.25) is 9.59 Å². The molecule has 1 aliphatic rings. The smallest absolute Gasteiger partial charge is 0.223 e. The number of pyridine rings is 1. The summed E-state index contributed by atoms with van der Waals surface area (Å²) in [5.74, 6) is -5.62. The number of hydrogen-bond acceptors (Lipinski definition) is 5. The van der Waals surface area contributed by atoms with E-state index in [1.54, 1.807) is 12.1 Å². The van der Waals surface area contributed by atoms with Gasteiger partial charge in [-0.15, -0.1) is 0 Å². The van der Waals surface area contributed by atoms with Crippen LogP contribution in [0.1, 0.15) is 36.8 Å². The second-order valence-electron chi connectivity index (χ2n) is 7.72. The molecule has 0 aliphatic heterocycles. The van der Waals surface area contributed by atoms with E-state index in [-0.39, 0.29) is 29.6 Å². The van der Waals surface area contributed by atoms with Crippen molar-refractivity contribution in [1.29, 1.82) is 0 Å². The first kappa shape index (κ1) is 22.6. The molecule has 9 heteroatoms. The quantitative estimate of drug-likeness (QED) is 0.621. The molecule has 0 bridgehead atoms. The Hall–Kier alpha value is -3.10. The molecule has 3 N–H and O–H groups in total. The molecule has 2 aromatic rings. The monoisotopic (exact) mass is 435 g/mol. The van der Waals surface area contributed by atoms with Gasteiger partial charge in [0.15, 0.2) is 23.2 Å². The third-order valence-corrected chi connectivity index (χ3v) is 5.37. The third kappa shape index (κ3) is 5.53. The third-order valence-electron chi connectivity index (χ3n) is 5.37. The van der Waals surface area contributed by atoms with Crippen molar-refractivity contribution in [2.75, 3.05) is 12.3 Å². The summed E-state index contributed by atoms with van der Waals surface area (Å²) in [7, 11) is 0. The molecule has 1 unspecified atom stereocenters. The van der Waals surface area contributed by atoms with Crippen LogP contribution in [0.15, 0.2) is 24.4 Å². The number of aromatic nitrogens is 1. The van der Waals surface area contributed by atoms with Gasteiger partial charge in [-0.05, 0) is 49.1 Å². The molecule has 0 radical (unpaired) electrons. The van der Waals surface area contributed by atoms with Crippen molar-refractivity contribution < 1.29 is 27.5 Å². The molecule has 1 fully saturated rings. The Balaban J connectivity index is 1.76. The number of rotatable bonds is 8. The number of carbonyl (C=O) groups is 2. The topological polar surface area (TPSA) is 94.3 Å². The van der Waals surface area contributed by atoms with Crippen LogP contribution in [-0.2, 0) is 16.0 Å². The van der Waals surface area contributed by atoms with Crippen LogP contribution in [0.25, 0.3) is 0 Å². The van der Waals surface area contributed by atoms with Crippen molar-refractivity contribution in [3.63, 3.8) is 0 Å². The molecule has 1 aromatic heterocycles. The van der Waals surface area contributed by atoms with Crippen LogP contribution in [-0.4, -0.2) is 29.3 Å². The maximum Gasteiger partial charge on any atom is 0.223 e. The molecule has 1 amide bonds. The minimum absolute atomic E-state index is 0.0977. The average Bonchev–Trinajstić information content (AvgIpc) is 3.27. The van der Waals surface area contributed by atoms with Gasteiger partial charge in [0.05, 0.1) is 6.04 Å². The molecular weight excluding hydrogens is 411 g/mol. The fraction of sp³-hybridized carbons (Fsp3) is 0.409. The Morgan fingerprint density at radius 2 is 1.94 bits per heavy atom. The standard InChI is InChI=1S/C22H24F3N3O3/c1-12-8-15(23)20(25)21(19(12)24)31-11-17(29)16(9-13-6-7-27-18(26)10-13)28-22(30)14-4-2-3-5-14/h6-8,10,14,16H,2-5,9,11H2,1H3,(H2,26,27)(H,28,30). The summed E-state index contributed by atoms with van der Waals surface area (Å²) in [5.41, 5.74) is 6.18. The lowest BCUT2D eigenvalue weighted by atomic mass is 10.0. The van der Waals surface area contributed by atoms with Gasteiger partial charge in [0.2, 0.25) is 11.7 Å². The SMILES string of the molecule is Cc1cc(F)c(F)c(OCC(=O)C(Cc2ccnc(N)c2)NC(=O)C2CCCC2)c1F. The summed E-state index contributed by atoms with van der Waals surface area (Å²) in [6.07, 6.45) is 4.94.